The number of amides is 4. The first kappa shape index (κ1) is 20.4. The minimum absolute atomic E-state index is 0.00813. The van der Waals surface area contributed by atoms with E-state index in [9.17, 15) is 19.5 Å². The van der Waals surface area contributed by atoms with Gasteiger partial charge in [0.05, 0.1) is 17.3 Å². The molecule has 7 nitrogen and oxygen atoms in total. The van der Waals surface area contributed by atoms with Gasteiger partial charge in [0, 0.05) is 0 Å². The zero-order chi connectivity index (χ0) is 21.3. The SMILES string of the molecule is CCOc1cc(/C=C2\C(=O)NC(=O)N(c3ccc(C)cc3C)C2=O)cc(Cl)c1O. The summed E-state index contributed by atoms with van der Waals surface area (Å²) in [5, 5.41) is 12.2. The molecule has 8 heteroatoms. The number of halogens is 1. The van der Waals surface area contributed by atoms with Crippen LogP contribution in [0.4, 0.5) is 10.5 Å². The molecular weight excluding hydrogens is 396 g/mol. The molecule has 1 fully saturated rings. The van der Waals surface area contributed by atoms with E-state index in [-0.39, 0.29) is 28.7 Å². The first-order valence-corrected chi connectivity index (χ1v) is 9.24. The highest BCUT2D eigenvalue weighted by Crippen LogP contribution is 2.36. The predicted octanol–water partition coefficient (Wildman–Crippen LogP) is 3.73. The number of phenolic OH excluding ortho intramolecular Hbond substituents is 1. The smallest absolute Gasteiger partial charge is 0.335 e. The van der Waals surface area contributed by atoms with Crippen molar-refractivity contribution < 1.29 is 24.2 Å². The van der Waals surface area contributed by atoms with Crippen LogP contribution in [0.3, 0.4) is 0 Å². The lowest BCUT2D eigenvalue weighted by atomic mass is 10.0. The zero-order valence-corrected chi connectivity index (χ0v) is 16.8. The average molecular weight is 415 g/mol. The summed E-state index contributed by atoms with van der Waals surface area (Å²) in [4.78, 5) is 38.6. The van der Waals surface area contributed by atoms with E-state index in [1.807, 2.05) is 13.0 Å². The number of urea groups is 1. The molecule has 1 heterocycles. The Balaban J connectivity index is 2.06. The Bertz CT molecular complexity index is 1060. The topological polar surface area (TPSA) is 95.9 Å². The maximum Gasteiger partial charge on any atom is 0.335 e. The first-order valence-electron chi connectivity index (χ1n) is 8.87. The lowest BCUT2D eigenvalue weighted by Crippen LogP contribution is -2.54. The Hall–Kier alpha value is -3.32. The van der Waals surface area contributed by atoms with Gasteiger partial charge in [0.15, 0.2) is 11.5 Å². The monoisotopic (exact) mass is 414 g/mol. The number of nitrogens with zero attached hydrogens (tertiary/aromatic N) is 1. The largest absolute Gasteiger partial charge is 0.503 e. The fraction of sp³-hybridized carbons (Fsp3) is 0.190. The van der Waals surface area contributed by atoms with Crippen molar-refractivity contribution in [3.63, 3.8) is 0 Å². The van der Waals surface area contributed by atoms with Gasteiger partial charge < -0.3 is 9.84 Å². The third kappa shape index (κ3) is 3.95. The van der Waals surface area contributed by atoms with Gasteiger partial charge in [0.2, 0.25) is 0 Å². The van der Waals surface area contributed by atoms with Crippen LogP contribution in [0.15, 0.2) is 35.9 Å². The number of rotatable bonds is 4. The molecule has 4 amide bonds. The van der Waals surface area contributed by atoms with Gasteiger partial charge in [-0.25, -0.2) is 9.69 Å². The first-order chi connectivity index (χ1) is 13.7. The summed E-state index contributed by atoms with van der Waals surface area (Å²) in [6.45, 7) is 5.70. The van der Waals surface area contributed by atoms with Crippen LogP contribution in [0.25, 0.3) is 6.08 Å². The number of nitrogens with one attached hydrogen (secondary N) is 1. The lowest BCUT2D eigenvalue weighted by molar-refractivity contribution is -0.122. The van der Waals surface area contributed by atoms with E-state index in [0.717, 1.165) is 10.5 Å². The number of imide groups is 2. The number of barbiturate groups is 1. The number of ether oxygens (including phenoxy) is 1. The van der Waals surface area contributed by atoms with Gasteiger partial charge in [0.25, 0.3) is 11.8 Å². The summed E-state index contributed by atoms with van der Waals surface area (Å²) in [5.74, 6) is -1.68. The van der Waals surface area contributed by atoms with Crippen LogP contribution in [-0.2, 0) is 9.59 Å². The van der Waals surface area contributed by atoms with E-state index >= 15 is 0 Å². The van der Waals surface area contributed by atoms with E-state index in [2.05, 4.69) is 5.32 Å². The molecule has 0 atom stereocenters. The van der Waals surface area contributed by atoms with Crippen LogP contribution >= 0.6 is 11.6 Å². The summed E-state index contributed by atoms with van der Waals surface area (Å²) in [7, 11) is 0. The highest BCUT2D eigenvalue weighted by atomic mass is 35.5. The normalized spacial score (nSPS) is 15.7. The highest BCUT2D eigenvalue weighted by Gasteiger charge is 2.37. The van der Waals surface area contributed by atoms with Gasteiger partial charge in [-0.15, -0.1) is 0 Å². The van der Waals surface area contributed by atoms with Gasteiger partial charge in [0.1, 0.15) is 5.57 Å². The molecule has 0 spiro atoms. The molecular formula is C21H19ClN2O5. The second-order valence-corrected chi connectivity index (χ2v) is 6.94. The maximum atomic E-state index is 13.0. The fourth-order valence-electron chi connectivity index (χ4n) is 3.04. The van der Waals surface area contributed by atoms with Crippen molar-refractivity contribution in [2.75, 3.05) is 11.5 Å². The average Bonchev–Trinajstić information content (AvgIpc) is 2.64. The van der Waals surface area contributed by atoms with Crippen molar-refractivity contribution in [2.24, 2.45) is 0 Å². The van der Waals surface area contributed by atoms with E-state index in [1.54, 1.807) is 26.0 Å². The summed E-state index contributed by atoms with van der Waals surface area (Å²) in [6.07, 6.45) is 1.30. The van der Waals surface area contributed by atoms with E-state index in [1.165, 1.54) is 18.2 Å². The standard InChI is InChI=1S/C21H19ClN2O5/c1-4-29-17-10-13(9-15(22)18(17)25)8-14-19(26)23-21(28)24(20(14)27)16-6-5-11(2)7-12(16)3/h5-10,25H,4H2,1-3H3,(H,23,26,28)/b14-8+. The minimum Gasteiger partial charge on any atom is -0.503 e. The number of hydrogen-bond acceptors (Lipinski definition) is 5. The summed E-state index contributed by atoms with van der Waals surface area (Å²) in [6, 6.07) is 7.30. The molecule has 2 aromatic carbocycles. The fourth-order valence-corrected chi connectivity index (χ4v) is 3.26. The number of phenols is 1. The van der Waals surface area contributed by atoms with Crippen LogP contribution in [0.1, 0.15) is 23.6 Å². The molecule has 1 saturated heterocycles. The number of benzene rings is 2. The number of hydrogen-bond donors (Lipinski definition) is 2. The number of carbonyl (C=O) groups excluding carboxylic acids is 3. The highest BCUT2D eigenvalue weighted by molar-refractivity contribution is 6.39. The molecule has 150 valence electrons. The van der Waals surface area contributed by atoms with Gasteiger partial charge >= 0.3 is 6.03 Å². The van der Waals surface area contributed by atoms with E-state index < -0.39 is 17.8 Å². The van der Waals surface area contributed by atoms with Crippen molar-refractivity contribution in [1.82, 2.24) is 5.32 Å². The zero-order valence-electron chi connectivity index (χ0n) is 16.1. The van der Waals surface area contributed by atoms with Crippen LogP contribution in [-0.4, -0.2) is 29.6 Å². The number of aryl methyl sites for hydroxylation is 2. The molecule has 1 aliphatic rings. The Kier molecular flexibility index (Phi) is 5.61. The Morgan fingerprint density at radius 1 is 1.17 bits per heavy atom. The van der Waals surface area contributed by atoms with E-state index in [4.69, 9.17) is 16.3 Å². The van der Waals surface area contributed by atoms with Crippen LogP contribution < -0.4 is 15.0 Å². The number of carbonyl (C=O) groups is 3. The van der Waals surface area contributed by atoms with Crippen molar-refractivity contribution in [1.29, 1.82) is 0 Å². The van der Waals surface area contributed by atoms with Gasteiger partial charge in [-0.05, 0) is 56.2 Å². The maximum absolute atomic E-state index is 13.0. The van der Waals surface area contributed by atoms with Crippen molar-refractivity contribution in [3.05, 3.63) is 57.6 Å². The Labute approximate surface area is 172 Å². The third-order valence-electron chi connectivity index (χ3n) is 4.36. The molecule has 0 aromatic heterocycles. The molecule has 0 aliphatic carbocycles. The second kappa shape index (κ2) is 7.97. The molecule has 1 aliphatic heterocycles. The third-order valence-corrected chi connectivity index (χ3v) is 4.64. The lowest BCUT2D eigenvalue weighted by Gasteiger charge is -2.27. The molecule has 0 saturated carbocycles. The van der Waals surface area contributed by atoms with E-state index in [0.29, 0.717) is 16.8 Å². The molecule has 0 bridgehead atoms. The van der Waals surface area contributed by atoms with Gasteiger partial charge in [-0.1, -0.05) is 29.3 Å². The van der Waals surface area contributed by atoms with Crippen molar-refractivity contribution in [2.45, 2.75) is 20.8 Å². The number of aromatic hydroxyl groups is 1. The minimum atomic E-state index is -0.817. The van der Waals surface area contributed by atoms with Crippen LogP contribution in [0.5, 0.6) is 11.5 Å². The second-order valence-electron chi connectivity index (χ2n) is 6.53. The van der Waals surface area contributed by atoms with Crippen LogP contribution in [0, 0.1) is 13.8 Å². The van der Waals surface area contributed by atoms with Crippen molar-refractivity contribution >= 4 is 41.2 Å². The van der Waals surface area contributed by atoms with Crippen LogP contribution in [0.2, 0.25) is 5.02 Å². The molecule has 3 rings (SSSR count). The molecule has 0 radical (unpaired) electrons. The number of anilines is 1. The molecule has 0 unspecified atom stereocenters. The van der Waals surface area contributed by atoms with Gasteiger partial charge in [-0.3, -0.25) is 14.9 Å². The predicted molar refractivity (Wildman–Crippen MR) is 109 cm³/mol. The Morgan fingerprint density at radius 3 is 2.55 bits per heavy atom. The summed E-state index contributed by atoms with van der Waals surface area (Å²) >= 11 is 6.02. The van der Waals surface area contributed by atoms with Gasteiger partial charge in [-0.2, -0.15) is 0 Å². The molecule has 29 heavy (non-hydrogen) atoms. The molecule has 2 aromatic rings. The quantitative estimate of drug-likeness (QED) is 0.587. The molecule has 2 N–H and O–H groups in total. The summed E-state index contributed by atoms with van der Waals surface area (Å²) in [5.41, 5.74) is 2.20. The summed E-state index contributed by atoms with van der Waals surface area (Å²) < 4.78 is 5.32. The Morgan fingerprint density at radius 2 is 1.90 bits per heavy atom. The van der Waals surface area contributed by atoms with Crippen molar-refractivity contribution in [3.8, 4) is 11.5 Å².